The SMILES string of the molecule is c1ccc(-c2nccc(-c3cc(N4CCOCC4)n4nc(C5CCCO5)cc4n3)n2)cc1. The van der Waals surface area contributed by atoms with E-state index in [2.05, 4.69) is 16.0 Å². The highest BCUT2D eigenvalue weighted by atomic mass is 16.5. The lowest BCUT2D eigenvalue weighted by atomic mass is 10.2. The molecule has 6 rings (SSSR count). The molecule has 3 aromatic heterocycles. The molecular formula is C24H24N6O2. The molecule has 2 saturated heterocycles. The highest BCUT2D eigenvalue weighted by Gasteiger charge is 2.24. The van der Waals surface area contributed by atoms with Gasteiger partial charge in [0.2, 0.25) is 0 Å². The number of hydrogen-bond donors (Lipinski definition) is 0. The molecule has 0 saturated carbocycles. The van der Waals surface area contributed by atoms with Crippen LogP contribution < -0.4 is 4.90 Å². The molecule has 0 spiro atoms. The predicted octanol–water partition coefficient (Wildman–Crippen LogP) is 3.54. The Hall–Kier alpha value is -3.36. The molecule has 0 aliphatic carbocycles. The Bertz CT molecular complexity index is 1230. The third-order valence-electron chi connectivity index (χ3n) is 5.97. The van der Waals surface area contributed by atoms with Gasteiger partial charge in [0.1, 0.15) is 11.9 Å². The molecule has 1 aromatic carbocycles. The summed E-state index contributed by atoms with van der Waals surface area (Å²) in [7, 11) is 0. The second kappa shape index (κ2) is 8.29. The molecule has 8 nitrogen and oxygen atoms in total. The number of anilines is 1. The van der Waals surface area contributed by atoms with Crippen molar-refractivity contribution in [2.45, 2.75) is 18.9 Å². The minimum Gasteiger partial charge on any atom is -0.378 e. The van der Waals surface area contributed by atoms with Gasteiger partial charge in [0.15, 0.2) is 11.5 Å². The van der Waals surface area contributed by atoms with Crippen LogP contribution in [0.15, 0.2) is 54.7 Å². The van der Waals surface area contributed by atoms with E-state index < -0.39 is 0 Å². The van der Waals surface area contributed by atoms with Gasteiger partial charge in [-0.3, -0.25) is 0 Å². The number of nitrogens with zero attached hydrogens (tertiary/aromatic N) is 6. The fourth-order valence-electron chi connectivity index (χ4n) is 4.32. The molecule has 162 valence electrons. The van der Waals surface area contributed by atoms with Gasteiger partial charge in [-0.15, -0.1) is 0 Å². The van der Waals surface area contributed by atoms with Crippen molar-refractivity contribution in [1.29, 1.82) is 0 Å². The van der Waals surface area contributed by atoms with Gasteiger partial charge in [-0.2, -0.15) is 9.61 Å². The Kier molecular flexibility index (Phi) is 5.01. The first-order valence-corrected chi connectivity index (χ1v) is 11.1. The first-order chi connectivity index (χ1) is 15.8. The summed E-state index contributed by atoms with van der Waals surface area (Å²) in [5.41, 5.74) is 4.31. The lowest BCUT2D eigenvalue weighted by Gasteiger charge is -2.29. The van der Waals surface area contributed by atoms with Gasteiger partial charge in [-0.1, -0.05) is 30.3 Å². The molecule has 2 aliphatic heterocycles. The molecule has 4 aromatic rings. The van der Waals surface area contributed by atoms with Crippen molar-refractivity contribution in [2.24, 2.45) is 0 Å². The molecule has 1 unspecified atom stereocenters. The summed E-state index contributed by atoms with van der Waals surface area (Å²) in [6.45, 7) is 3.81. The lowest BCUT2D eigenvalue weighted by Crippen LogP contribution is -2.37. The van der Waals surface area contributed by atoms with Crippen LogP contribution in [0.1, 0.15) is 24.6 Å². The third kappa shape index (κ3) is 3.61. The van der Waals surface area contributed by atoms with E-state index in [1.807, 2.05) is 47.0 Å². The molecule has 1 atom stereocenters. The van der Waals surface area contributed by atoms with Crippen LogP contribution in [0.25, 0.3) is 28.4 Å². The minimum atomic E-state index is 0.0430. The van der Waals surface area contributed by atoms with Crippen LogP contribution >= 0.6 is 0 Å². The van der Waals surface area contributed by atoms with E-state index in [1.54, 1.807) is 6.20 Å². The molecule has 2 aliphatic rings. The van der Waals surface area contributed by atoms with Crippen molar-refractivity contribution in [3.8, 4) is 22.8 Å². The third-order valence-corrected chi connectivity index (χ3v) is 5.97. The van der Waals surface area contributed by atoms with Crippen molar-refractivity contribution in [2.75, 3.05) is 37.8 Å². The monoisotopic (exact) mass is 428 g/mol. The van der Waals surface area contributed by atoms with Crippen molar-refractivity contribution in [3.63, 3.8) is 0 Å². The topological polar surface area (TPSA) is 77.7 Å². The van der Waals surface area contributed by atoms with Gasteiger partial charge >= 0.3 is 0 Å². The van der Waals surface area contributed by atoms with E-state index in [4.69, 9.17) is 24.5 Å². The largest absolute Gasteiger partial charge is 0.378 e. The van der Waals surface area contributed by atoms with Crippen molar-refractivity contribution in [3.05, 3.63) is 60.4 Å². The van der Waals surface area contributed by atoms with Crippen molar-refractivity contribution < 1.29 is 9.47 Å². The van der Waals surface area contributed by atoms with Crippen LogP contribution in [0.5, 0.6) is 0 Å². The summed E-state index contributed by atoms with van der Waals surface area (Å²) in [5, 5.41) is 4.88. The van der Waals surface area contributed by atoms with Crippen molar-refractivity contribution >= 4 is 11.5 Å². The molecule has 2 fully saturated rings. The quantitative estimate of drug-likeness (QED) is 0.492. The second-order valence-electron chi connectivity index (χ2n) is 8.07. The van der Waals surface area contributed by atoms with Crippen LogP contribution in [-0.4, -0.2) is 57.5 Å². The Labute approximate surface area is 185 Å². The number of hydrogen-bond acceptors (Lipinski definition) is 7. The Morgan fingerprint density at radius 1 is 0.906 bits per heavy atom. The summed E-state index contributed by atoms with van der Waals surface area (Å²) in [6, 6.07) is 16.0. The predicted molar refractivity (Wildman–Crippen MR) is 120 cm³/mol. The Morgan fingerprint density at radius 2 is 1.78 bits per heavy atom. The summed E-state index contributed by atoms with van der Waals surface area (Å²) < 4.78 is 13.4. The molecule has 0 radical (unpaired) electrons. The number of fused-ring (bicyclic) bond motifs is 1. The molecule has 5 heterocycles. The Balaban J connectivity index is 1.47. The van der Waals surface area contributed by atoms with Gasteiger partial charge < -0.3 is 14.4 Å². The van der Waals surface area contributed by atoms with Crippen LogP contribution in [0.2, 0.25) is 0 Å². The fraction of sp³-hybridized carbons (Fsp3) is 0.333. The number of ether oxygens (including phenoxy) is 2. The van der Waals surface area contributed by atoms with E-state index in [0.29, 0.717) is 19.0 Å². The normalized spacial score (nSPS) is 19.0. The van der Waals surface area contributed by atoms with E-state index >= 15 is 0 Å². The van der Waals surface area contributed by atoms with Gasteiger partial charge in [0.05, 0.1) is 30.3 Å². The second-order valence-corrected chi connectivity index (χ2v) is 8.07. The zero-order chi connectivity index (χ0) is 21.3. The maximum atomic E-state index is 5.88. The van der Waals surface area contributed by atoms with E-state index in [0.717, 1.165) is 66.6 Å². The summed E-state index contributed by atoms with van der Waals surface area (Å²) in [5.74, 6) is 1.68. The number of rotatable bonds is 4. The van der Waals surface area contributed by atoms with Crippen LogP contribution in [-0.2, 0) is 9.47 Å². The highest BCUT2D eigenvalue weighted by Crippen LogP contribution is 2.31. The summed E-state index contributed by atoms with van der Waals surface area (Å²) in [4.78, 5) is 16.5. The molecule has 32 heavy (non-hydrogen) atoms. The van der Waals surface area contributed by atoms with E-state index in [-0.39, 0.29) is 6.10 Å². The molecule has 0 bridgehead atoms. The molecular weight excluding hydrogens is 404 g/mol. The van der Waals surface area contributed by atoms with Crippen molar-refractivity contribution in [1.82, 2.24) is 24.6 Å². The summed E-state index contributed by atoms with van der Waals surface area (Å²) >= 11 is 0. The van der Waals surface area contributed by atoms with Crippen LogP contribution in [0.4, 0.5) is 5.82 Å². The van der Waals surface area contributed by atoms with Crippen LogP contribution in [0.3, 0.4) is 0 Å². The van der Waals surface area contributed by atoms with Gasteiger partial charge in [-0.25, -0.2) is 15.0 Å². The zero-order valence-electron chi connectivity index (χ0n) is 17.7. The number of benzene rings is 1. The first-order valence-electron chi connectivity index (χ1n) is 11.1. The van der Waals surface area contributed by atoms with Gasteiger partial charge in [-0.05, 0) is 18.9 Å². The maximum absolute atomic E-state index is 5.88. The average Bonchev–Trinajstić information content (AvgIpc) is 3.55. The zero-order valence-corrected chi connectivity index (χ0v) is 17.7. The van der Waals surface area contributed by atoms with Gasteiger partial charge in [0, 0.05) is 43.6 Å². The number of morpholine rings is 1. The molecule has 0 amide bonds. The molecule has 8 heteroatoms. The summed E-state index contributed by atoms with van der Waals surface area (Å²) in [6.07, 6.45) is 3.90. The lowest BCUT2D eigenvalue weighted by molar-refractivity contribution is 0.108. The van der Waals surface area contributed by atoms with E-state index in [9.17, 15) is 0 Å². The minimum absolute atomic E-state index is 0.0430. The standard InChI is InChI=1S/C24H24N6O2/c1-2-5-17(6-3-1)24-25-9-8-18(27-24)19-16-23(29-10-13-31-14-11-29)30-22(26-19)15-20(28-30)21-7-4-12-32-21/h1-3,5-6,8-9,15-16,21H,4,7,10-14H2. The van der Waals surface area contributed by atoms with E-state index in [1.165, 1.54) is 0 Å². The highest BCUT2D eigenvalue weighted by molar-refractivity contribution is 5.66. The van der Waals surface area contributed by atoms with Gasteiger partial charge in [0.25, 0.3) is 0 Å². The number of aromatic nitrogens is 5. The smallest absolute Gasteiger partial charge is 0.159 e. The maximum Gasteiger partial charge on any atom is 0.159 e. The average molecular weight is 428 g/mol. The first kappa shape index (κ1) is 19.3. The Morgan fingerprint density at radius 3 is 2.59 bits per heavy atom. The van der Waals surface area contributed by atoms with Crippen LogP contribution in [0, 0.1) is 0 Å². The molecule has 0 N–H and O–H groups in total. The fourth-order valence-corrected chi connectivity index (χ4v) is 4.32.